The summed E-state index contributed by atoms with van der Waals surface area (Å²) in [5, 5.41) is 6.95. The Hall–Kier alpha value is -3.35. The molecule has 9 nitrogen and oxygen atoms in total. The van der Waals surface area contributed by atoms with Crippen LogP contribution in [0.3, 0.4) is 0 Å². The van der Waals surface area contributed by atoms with E-state index < -0.39 is 11.7 Å². The Morgan fingerprint density at radius 3 is 2.67 bits per heavy atom. The minimum absolute atomic E-state index is 0.129. The van der Waals surface area contributed by atoms with Crippen LogP contribution >= 0.6 is 11.8 Å². The second kappa shape index (κ2) is 7.82. The molecule has 0 aliphatic rings. The predicted octanol–water partition coefficient (Wildman–Crippen LogP) is 3.27. The number of pyridine rings is 1. The highest BCUT2D eigenvalue weighted by molar-refractivity contribution is 7.98. The molecule has 4 aromatic rings. The zero-order valence-electron chi connectivity index (χ0n) is 15.7. The fourth-order valence-electron chi connectivity index (χ4n) is 2.69. The molecule has 4 heterocycles. The number of hydrogen-bond donors (Lipinski definition) is 2. The van der Waals surface area contributed by atoms with Crippen molar-refractivity contribution in [2.45, 2.75) is 17.9 Å². The van der Waals surface area contributed by atoms with Gasteiger partial charge in [-0.05, 0) is 12.3 Å². The van der Waals surface area contributed by atoms with Crippen molar-refractivity contribution in [3.8, 4) is 17.1 Å². The molecule has 0 bridgehead atoms. The fourth-order valence-corrected chi connectivity index (χ4v) is 3.04. The van der Waals surface area contributed by atoms with E-state index in [4.69, 9.17) is 4.74 Å². The average molecular weight is 436 g/mol. The first kappa shape index (κ1) is 19.9. The van der Waals surface area contributed by atoms with E-state index in [-0.39, 0.29) is 23.3 Å². The summed E-state index contributed by atoms with van der Waals surface area (Å²) in [6.07, 6.45) is 1.14. The molecule has 0 aliphatic heterocycles. The van der Waals surface area contributed by atoms with Crippen LogP contribution in [0.15, 0.2) is 35.9 Å². The second-order valence-corrected chi connectivity index (χ2v) is 6.79. The van der Waals surface area contributed by atoms with Gasteiger partial charge in [0.25, 0.3) is 0 Å². The van der Waals surface area contributed by atoms with Crippen LogP contribution in [0.5, 0.6) is 5.88 Å². The Morgan fingerprint density at radius 2 is 2.00 bits per heavy atom. The van der Waals surface area contributed by atoms with Gasteiger partial charge in [0.1, 0.15) is 11.4 Å². The molecule has 0 saturated carbocycles. The second-order valence-electron chi connectivity index (χ2n) is 6.01. The van der Waals surface area contributed by atoms with Crippen molar-refractivity contribution in [2.75, 3.05) is 18.7 Å². The van der Waals surface area contributed by atoms with Crippen LogP contribution in [0.2, 0.25) is 0 Å². The van der Waals surface area contributed by atoms with Gasteiger partial charge in [-0.1, -0.05) is 11.8 Å². The Labute approximate surface area is 172 Å². The average Bonchev–Trinajstić information content (AvgIpc) is 3.39. The van der Waals surface area contributed by atoms with E-state index in [0.29, 0.717) is 11.7 Å². The maximum absolute atomic E-state index is 13.2. The number of aromatic nitrogens is 7. The van der Waals surface area contributed by atoms with Gasteiger partial charge >= 0.3 is 6.18 Å². The summed E-state index contributed by atoms with van der Waals surface area (Å²) in [5.41, 5.74) is 0.313. The number of thioether (sulfide) groups is 1. The smallest absolute Gasteiger partial charge is 0.421 e. The number of nitrogens with zero attached hydrogens (tertiary/aromatic N) is 6. The van der Waals surface area contributed by atoms with E-state index in [1.54, 1.807) is 24.7 Å². The third-order valence-corrected chi connectivity index (χ3v) is 4.68. The van der Waals surface area contributed by atoms with Gasteiger partial charge in [-0.3, -0.25) is 0 Å². The molecule has 0 aliphatic carbocycles. The summed E-state index contributed by atoms with van der Waals surface area (Å²) in [4.78, 5) is 19.7. The number of hydrogen-bond acceptors (Lipinski definition) is 8. The highest BCUT2D eigenvalue weighted by Crippen LogP contribution is 2.32. The number of methoxy groups -OCH3 is 1. The summed E-state index contributed by atoms with van der Waals surface area (Å²) in [6.45, 7) is 0.185. The largest absolute Gasteiger partial charge is 0.481 e. The molecule has 2 N–H and O–H groups in total. The highest BCUT2D eigenvalue weighted by atomic mass is 32.2. The van der Waals surface area contributed by atoms with Crippen molar-refractivity contribution >= 4 is 23.4 Å². The van der Waals surface area contributed by atoms with Gasteiger partial charge in [0.2, 0.25) is 11.8 Å². The molecule has 4 aromatic heterocycles. The van der Waals surface area contributed by atoms with Crippen molar-refractivity contribution in [3.63, 3.8) is 0 Å². The van der Waals surface area contributed by atoms with Gasteiger partial charge in [-0.15, -0.1) is 0 Å². The van der Waals surface area contributed by atoms with E-state index in [1.165, 1.54) is 7.11 Å². The molecule has 0 unspecified atom stereocenters. The monoisotopic (exact) mass is 436 g/mol. The molecule has 4 rings (SSSR count). The maximum Gasteiger partial charge on any atom is 0.421 e. The lowest BCUT2D eigenvalue weighted by Gasteiger charge is -2.09. The standard InChI is InChI=1S/C17H15F3N8OS/c1-29-13-4-3-9(5-22-13)11-7-21-12(25-11)8-23-15-27-16(30-2)26-14-10(17(18,19)20)6-24-28(14)15/h3-7H,8H2,1-2H3,(H,21,25)(H,23,26,27). The summed E-state index contributed by atoms with van der Waals surface area (Å²) in [5.74, 6) is 1.18. The maximum atomic E-state index is 13.2. The highest BCUT2D eigenvalue weighted by Gasteiger charge is 2.36. The molecular weight excluding hydrogens is 421 g/mol. The lowest BCUT2D eigenvalue weighted by atomic mass is 10.2. The summed E-state index contributed by atoms with van der Waals surface area (Å²) >= 11 is 1.14. The van der Waals surface area contributed by atoms with Gasteiger partial charge in [0.15, 0.2) is 10.8 Å². The van der Waals surface area contributed by atoms with Gasteiger partial charge in [-0.25, -0.2) is 15.0 Å². The van der Waals surface area contributed by atoms with Crippen molar-refractivity contribution < 1.29 is 17.9 Å². The molecule has 0 aromatic carbocycles. The quantitative estimate of drug-likeness (QED) is 0.444. The molecule has 0 fully saturated rings. The molecule has 30 heavy (non-hydrogen) atoms. The van der Waals surface area contributed by atoms with E-state index in [1.807, 2.05) is 6.07 Å². The third-order valence-electron chi connectivity index (χ3n) is 4.13. The van der Waals surface area contributed by atoms with Gasteiger partial charge in [-0.2, -0.15) is 27.8 Å². The van der Waals surface area contributed by atoms with Crippen LogP contribution in [0, 0.1) is 0 Å². The fraction of sp³-hybridized carbons (Fsp3) is 0.235. The minimum atomic E-state index is -4.56. The number of ether oxygens (including phenoxy) is 1. The Morgan fingerprint density at radius 1 is 1.17 bits per heavy atom. The third kappa shape index (κ3) is 3.87. The van der Waals surface area contributed by atoms with Crippen molar-refractivity contribution in [1.29, 1.82) is 0 Å². The van der Waals surface area contributed by atoms with Crippen molar-refractivity contribution in [1.82, 2.24) is 34.5 Å². The zero-order chi connectivity index (χ0) is 21.3. The van der Waals surface area contributed by atoms with Crippen LogP contribution in [-0.2, 0) is 12.7 Å². The van der Waals surface area contributed by atoms with Crippen LogP contribution < -0.4 is 10.1 Å². The van der Waals surface area contributed by atoms with Crippen LogP contribution in [0.4, 0.5) is 19.1 Å². The van der Waals surface area contributed by atoms with E-state index in [0.717, 1.165) is 33.7 Å². The molecule has 0 radical (unpaired) electrons. The first-order chi connectivity index (χ1) is 14.4. The van der Waals surface area contributed by atoms with Gasteiger partial charge in [0.05, 0.1) is 31.7 Å². The molecule has 0 amide bonds. The van der Waals surface area contributed by atoms with Gasteiger partial charge < -0.3 is 15.0 Å². The van der Waals surface area contributed by atoms with Gasteiger partial charge in [0, 0.05) is 17.8 Å². The number of H-pyrrole nitrogens is 1. The Bertz CT molecular complexity index is 1170. The summed E-state index contributed by atoms with van der Waals surface area (Å²) in [6, 6.07) is 3.56. The first-order valence-corrected chi connectivity index (χ1v) is 9.76. The Balaban J connectivity index is 1.58. The number of halogens is 3. The lowest BCUT2D eigenvalue weighted by molar-refractivity contribution is -0.136. The molecule has 156 valence electrons. The zero-order valence-corrected chi connectivity index (χ0v) is 16.5. The minimum Gasteiger partial charge on any atom is -0.481 e. The van der Waals surface area contributed by atoms with E-state index in [9.17, 15) is 13.2 Å². The number of nitrogens with one attached hydrogen (secondary N) is 2. The van der Waals surface area contributed by atoms with Crippen molar-refractivity contribution in [2.24, 2.45) is 0 Å². The van der Waals surface area contributed by atoms with Crippen LogP contribution in [0.1, 0.15) is 11.4 Å². The Kier molecular flexibility index (Phi) is 5.20. The number of alkyl halides is 3. The number of rotatable bonds is 6. The number of imidazole rings is 1. The van der Waals surface area contributed by atoms with Crippen molar-refractivity contribution in [3.05, 3.63) is 42.1 Å². The molecule has 13 heteroatoms. The summed E-state index contributed by atoms with van der Waals surface area (Å²) in [7, 11) is 1.53. The predicted molar refractivity (Wildman–Crippen MR) is 103 cm³/mol. The topological polar surface area (TPSA) is 106 Å². The van der Waals surface area contributed by atoms with Crippen LogP contribution in [-0.4, -0.2) is 47.9 Å². The van der Waals surface area contributed by atoms with E-state index in [2.05, 4.69) is 35.3 Å². The summed E-state index contributed by atoms with van der Waals surface area (Å²) < 4.78 is 45.7. The van der Waals surface area contributed by atoms with Crippen LogP contribution in [0.25, 0.3) is 16.9 Å². The number of fused-ring (bicyclic) bond motifs is 1. The molecule has 0 atom stereocenters. The molecule has 0 saturated heterocycles. The lowest BCUT2D eigenvalue weighted by Crippen LogP contribution is -2.11. The molecular formula is C17H15F3N8OS. The normalized spacial score (nSPS) is 11.8. The number of anilines is 1. The van der Waals surface area contributed by atoms with E-state index >= 15 is 0 Å². The SMILES string of the molecule is COc1ccc(-c2cnc(CNc3nc(SC)nc4c(C(F)(F)F)cnn34)[nH]2)cn1. The number of aromatic amines is 1. The first-order valence-electron chi connectivity index (χ1n) is 8.54. The molecule has 0 spiro atoms.